The standard InChI is InChI=1S/C18H15NO2/c1-2-21-18(20)12-11-14-7-3-5-9-16(14)17-10-6-4-8-15(17)13-19/h3-12H,2H2,1H3. The normalized spacial score (nSPS) is 10.3. The number of carbonyl (C=O) groups excluding carboxylic acids is 1. The van der Waals surface area contributed by atoms with Crippen LogP contribution in [-0.2, 0) is 9.53 Å². The van der Waals surface area contributed by atoms with Gasteiger partial charge in [-0.3, -0.25) is 0 Å². The maximum absolute atomic E-state index is 11.4. The lowest BCUT2D eigenvalue weighted by atomic mass is 9.96. The molecule has 0 saturated carbocycles. The van der Waals surface area contributed by atoms with Gasteiger partial charge in [0.05, 0.1) is 18.2 Å². The molecule has 0 atom stereocenters. The zero-order chi connectivity index (χ0) is 15.1. The van der Waals surface area contributed by atoms with Crippen molar-refractivity contribution in [1.29, 1.82) is 5.26 Å². The molecule has 104 valence electrons. The first-order chi connectivity index (χ1) is 10.3. The Bertz CT molecular complexity index is 711. The molecule has 21 heavy (non-hydrogen) atoms. The van der Waals surface area contributed by atoms with Crippen molar-refractivity contribution in [1.82, 2.24) is 0 Å². The van der Waals surface area contributed by atoms with E-state index in [-0.39, 0.29) is 5.97 Å². The summed E-state index contributed by atoms with van der Waals surface area (Å²) in [4.78, 5) is 11.4. The van der Waals surface area contributed by atoms with E-state index in [1.54, 1.807) is 19.1 Å². The summed E-state index contributed by atoms with van der Waals surface area (Å²) in [6, 6.07) is 17.2. The Morgan fingerprint density at radius 3 is 2.52 bits per heavy atom. The Kier molecular flexibility index (Phi) is 4.89. The van der Waals surface area contributed by atoms with Crippen LogP contribution in [0.15, 0.2) is 54.6 Å². The van der Waals surface area contributed by atoms with E-state index in [1.165, 1.54) is 6.08 Å². The number of nitrogens with zero attached hydrogens (tertiary/aromatic N) is 1. The van der Waals surface area contributed by atoms with Gasteiger partial charge in [-0.05, 0) is 30.2 Å². The van der Waals surface area contributed by atoms with Gasteiger partial charge in [-0.25, -0.2) is 4.79 Å². The van der Waals surface area contributed by atoms with Crippen LogP contribution in [0.2, 0.25) is 0 Å². The van der Waals surface area contributed by atoms with Crippen LogP contribution in [-0.4, -0.2) is 12.6 Å². The van der Waals surface area contributed by atoms with Crippen molar-refractivity contribution in [3.05, 3.63) is 65.7 Å². The average molecular weight is 277 g/mol. The summed E-state index contributed by atoms with van der Waals surface area (Å²) in [6.07, 6.45) is 3.11. The van der Waals surface area contributed by atoms with E-state index >= 15 is 0 Å². The highest BCUT2D eigenvalue weighted by Gasteiger charge is 2.07. The lowest BCUT2D eigenvalue weighted by molar-refractivity contribution is -0.137. The highest BCUT2D eigenvalue weighted by Crippen LogP contribution is 2.27. The van der Waals surface area contributed by atoms with Gasteiger partial charge in [0.2, 0.25) is 0 Å². The highest BCUT2D eigenvalue weighted by molar-refractivity contribution is 5.89. The molecule has 3 nitrogen and oxygen atoms in total. The molecule has 0 bridgehead atoms. The topological polar surface area (TPSA) is 50.1 Å². The van der Waals surface area contributed by atoms with Crippen LogP contribution in [0.1, 0.15) is 18.1 Å². The molecule has 2 aromatic rings. The van der Waals surface area contributed by atoms with Crippen molar-refractivity contribution in [2.24, 2.45) is 0 Å². The molecule has 0 unspecified atom stereocenters. The predicted molar refractivity (Wildman–Crippen MR) is 82.3 cm³/mol. The molecule has 0 N–H and O–H groups in total. The number of hydrogen-bond donors (Lipinski definition) is 0. The second-order valence-corrected chi connectivity index (χ2v) is 4.33. The fourth-order valence-electron chi connectivity index (χ4n) is 2.05. The predicted octanol–water partition coefficient (Wildman–Crippen LogP) is 3.80. The van der Waals surface area contributed by atoms with E-state index in [4.69, 9.17) is 4.74 Å². The van der Waals surface area contributed by atoms with Gasteiger partial charge in [0.15, 0.2) is 0 Å². The number of hydrogen-bond acceptors (Lipinski definition) is 3. The molecule has 0 aliphatic rings. The fraction of sp³-hybridized carbons (Fsp3) is 0.111. The van der Waals surface area contributed by atoms with Gasteiger partial charge in [-0.15, -0.1) is 0 Å². The van der Waals surface area contributed by atoms with Gasteiger partial charge in [0.25, 0.3) is 0 Å². The van der Waals surface area contributed by atoms with Crippen molar-refractivity contribution >= 4 is 12.0 Å². The molecule has 0 aliphatic carbocycles. The van der Waals surface area contributed by atoms with Crippen molar-refractivity contribution in [2.75, 3.05) is 6.61 Å². The van der Waals surface area contributed by atoms with Crippen LogP contribution >= 0.6 is 0 Å². The van der Waals surface area contributed by atoms with E-state index in [2.05, 4.69) is 6.07 Å². The summed E-state index contributed by atoms with van der Waals surface area (Å²) in [7, 11) is 0. The minimum atomic E-state index is -0.374. The molecule has 0 aliphatic heterocycles. The first-order valence-electron chi connectivity index (χ1n) is 6.69. The SMILES string of the molecule is CCOC(=O)C=Cc1ccccc1-c1ccccc1C#N. The van der Waals surface area contributed by atoms with Crippen LogP contribution in [0, 0.1) is 11.3 Å². The van der Waals surface area contributed by atoms with E-state index in [1.807, 2.05) is 42.5 Å². The molecular weight excluding hydrogens is 262 g/mol. The quantitative estimate of drug-likeness (QED) is 0.631. The van der Waals surface area contributed by atoms with Crippen LogP contribution in [0.5, 0.6) is 0 Å². The van der Waals surface area contributed by atoms with E-state index in [9.17, 15) is 10.1 Å². The second-order valence-electron chi connectivity index (χ2n) is 4.33. The molecular formula is C18H15NO2. The minimum Gasteiger partial charge on any atom is -0.463 e. The third-order valence-corrected chi connectivity index (χ3v) is 2.98. The number of carbonyl (C=O) groups is 1. The maximum Gasteiger partial charge on any atom is 0.330 e. The van der Waals surface area contributed by atoms with Gasteiger partial charge >= 0.3 is 5.97 Å². The average Bonchev–Trinajstić information content (AvgIpc) is 2.53. The Balaban J connectivity index is 2.42. The molecule has 0 heterocycles. The molecule has 2 rings (SSSR count). The van der Waals surface area contributed by atoms with Crippen LogP contribution in [0.4, 0.5) is 0 Å². The molecule has 0 amide bonds. The third kappa shape index (κ3) is 3.58. The molecule has 0 radical (unpaired) electrons. The maximum atomic E-state index is 11.4. The number of esters is 1. The van der Waals surface area contributed by atoms with E-state index in [0.29, 0.717) is 12.2 Å². The van der Waals surface area contributed by atoms with E-state index < -0.39 is 0 Å². The first-order valence-corrected chi connectivity index (χ1v) is 6.69. The van der Waals surface area contributed by atoms with Gasteiger partial charge < -0.3 is 4.74 Å². The zero-order valence-electron chi connectivity index (χ0n) is 11.7. The highest BCUT2D eigenvalue weighted by atomic mass is 16.5. The summed E-state index contributed by atoms with van der Waals surface area (Å²) in [5.41, 5.74) is 3.24. The Morgan fingerprint density at radius 1 is 1.14 bits per heavy atom. The minimum absolute atomic E-state index is 0.349. The van der Waals surface area contributed by atoms with Gasteiger partial charge in [-0.2, -0.15) is 5.26 Å². The molecule has 0 aromatic heterocycles. The fourth-order valence-corrected chi connectivity index (χ4v) is 2.05. The number of benzene rings is 2. The monoisotopic (exact) mass is 277 g/mol. The Labute approximate surface area is 124 Å². The smallest absolute Gasteiger partial charge is 0.330 e. The first kappa shape index (κ1) is 14.5. The summed E-state index contributed by atoms with van der Waals surface area (Å²) in [6.45, 7) is 2.12. The van der Waals surface area contributed by atoms with Crippen LogP contribution in [0.3, 0.4) is 0 Å². The number of nitriles is 1. The summed E-state index contributed by atoms with van der Waals surface area (Å²) in [5.74, 6) is -0.374. The number of rotatable bonds is 4. The summed E-state index contributed by atoms with van der Waals surface area (Å²) in [5, 5.41) is 9.22. The molecule has 2 aromatic carbocycles. The molecule has 3 heteroatoms. The van der Waals surface area contributed by atoms with Gasteiger partial charge in [0, 0.05) is 11.6 Å². The second kappa shape index (κ2) is 7.06. The van der Waals surface area contributed by atoms with Crippen molar-refractivity contribution in [3.63, 3.8) is 0 Å². The van der Waals surface area contributed by atoms with Crippen LogP contribution in [0.25, 0.3) is 17.2 Å². The zero-order valence-corrected chi connectivity index (χ0v) is 11.7. The summed E-state index contributed by atoms with van der Waals surface area (Å²) >= 11 is 0. The molecule has 0 spiro atoms. The van der Waals surface area contributed by atoms with Crippen molar-refractivity contribution in [2.45, 2.75) is 6.92 Å². The summed E-state index contributed by atoms with van der Waals surface area (Å²) < 4.78 is 4.88. The Hall–Kier alpha value is -2.86. The lowest BCUT2D eigenvalue weighted by Gasteiger charge is -2.08. The van der Waals surface area contributed by atoms with Gasteiger partial charge in [-0.1, -0.05) is 42.5 Å². The molecule has 0 saturated heterocycles. The number of ether oxygens (including phenoxy) is 1. The molecule has 0 fully saturated rings. The van der Waals surface area contributed by atoms with Gasteiger partial charge in [0.1, 0.15) is 0 Å². The van der Waals surface area contributed by atoms with Crippen molar-refractivity contribution < 1.29 is 9.53 Å². The van der Waals surface area contributed by atoms with Crippen molar-refractivity contribution in [3.8, 4) is 17.2 Å². The Morgan fingerprint density at radius 2 is 1.81 bits per heavy atom. The third-order valence-electron chi connectivity index (χ3n) is 2.98. The largest absolute Gasteiger partial charge is 0.463 e. The van der Waals surface area contributed by atoms with E-state index in [0.717, 1.165) is 16.7 Å². The van der Waals surface area contributed by atoms with Crippen LogP contribution < -0.4 is 0 Å². The lowest BCUT2D eigenvalue weighted by Crippen LogP contribution is -1.98.